The Hall–Kier alpha value is -2.28. The van der Waals surface area contributed by atoms with E-state index in [1.807, 2.05) is 31.2 Å². The molecule has 0 unspecified atom stereocenters. The Kier molecular flexibility index (Phi) is 7.53. The Labute approximate surface area is 154 Å². The zero-order chi connectivity index (χ0) is 18.1. The molecule has 7 heteroatoms. The number of amides is 1. The molecule has 0 aliphatic carbocycles. The Morgan fingerprint density at radius 1 is 1.08 bits per heavy atom. The minimum atomic E-state index is -0.380. The predicted molar refractivity (Wildman–Crippen MR) is 95.7 cm³/mol. The van der Waals surface area contributed by atoms with Crippen molar-refractivity contribution in [2.75, 3.05) is 26.4 Å². The molecule has 5 nitrogen and oxygen atoms in total. The predicted octanol–water partition coefficient (Wildman–Crippen LogP) is 3.56. The standard InChI is InChI=1S/C18H19BrFNO4/c1-2-23-14-4-6-15(7-5-14)24-10-9-21-18(22)12-25-17-8-3-13(20)11-16(17)19/h3-8,11H,2,9-10,12H2,1H3,(H,21,22). The van der Waals surface area contributed by atoms with Crippen LogP contribution in [0.25, 0.3) is 0 Å². The summed E-state index contributed by atoms with van der Waals surface area (Å²) >= 11 is 3.18. The first-order valence-electron chi connectivity index (χ1n) is 7.78. The number of ether oxygens (including phenoxy) is 3. The molecule has 25 heavy (non-hydrogen) atoms. The summed E-state index contributed by atoms with van der Waals surface area (Å²) in [6, 6.07) is 11.3. The Morgan fingerprint density at radius 2 is 1.76 bits per heavy atom. The summed E-state index contributed by atoms with van der Waals surface area (Å²) in [6.07, 6.45) is 0. The largest absolute Gasteiger partial charge is 0.494 e. The lowest BCUT2D eigenvalue weighted by Gasteiger charge is -2.10. The summed E-state index contributed by atoms with van der Waals surface area (Å²) in [4.78, 5) is 11.7. The minimum Gasteiger partial charge on any atom is -0.494 e. The van der Waals surface area contributed by atoms with Crippen LogP contribution in [-0.4, -0.2) is 32.3 Å². The van der Waals surface area contributed by atoms with Gasteiger partial charge < -0.3 is 19.5 Å². The zero-order valence-electron chi connectivity index (χ0n) is 13.8. The van der Waals surface area contributed by atoms with Crippen molar-refractivity contribution in [2.24, 2.45) is 0 Å². The first-order valence-corrected chi connectivity index (χ1v) is 8.58. The maximum Gasteiger partial charge on any atom is 0.258 e. The molecule has 2 aromatic carbocycles. The summed E-state index contributed by atoms with van der Waals surface area (Å²) < 4.78 is 29.6. The lowest BCUT2D eigenvalue weighted by atomic mass is 10.3. The molecule has 0 atom stereocenters. The molecule has 0 fully saturated rings. The topological polar surface area (TPSA) is 56.8 Å². The number of benzene rings is 2. The molecule has 0 aromatic heterocycles. The van der Waals surface area contributed by atoms with Crippen LogP contribution in [0.1, 0.15) is 6.92 Å². The highest BCUT2D eigenvalue weighted by atomic mass is 79.9. The van der Waals surface area contributed by atoms with E-state index in [1.54, 1.807) is 0 Å². The normalized spacial score (nSPS) is 10.2. The molecule has 0 aliphatic rings. The first-order chi connectivity index (χ1) is 12.1. The van der Waals surface area contributed by atoms with Gasteiger partial charge >= 0.3 is 0 Å². The molecule has 0 spiro atoms. The van der Waals surface area contributed by atoms with Crippen molar-refractivity contribution in [3.05, 3.63) is 52.8 Å². The van der Waals surface area contributed by atoms with Gasteiger partial charge in [0.25, 0.3) is 5.91 Å². The van der Waals surface area contributed by atoms with Crippen molar-refractivity contribution in [1.29, 1.82) is 0 Å². The van der Waals surface area contributed by atoms with Crippen LogP contribution in [0.15, 0.2) is 46.9 Å². The van der Waals surface area contributed by atoms with E-state index in [2.05, 4.69) is 21.2 Å². The number of carbonyl (C=O) groups is 1. The highest BCUT2D eigenvalue weighted by Gasteiger charge is 2.06. The Morgan fingerprint density at radius 3 is 2.40 bits per heavy atom. The third-order valence-electron chi connectivity index (χ3n) is 3.08. The third kappa shape index (κ3) is 6.62. The number of rotatable bonds is 9. The van der Waals surface area contributed by atoms with Gasteiger partial charge in [-0.05, 0) is 65.3 Å². The Bertz CT molecular complexity index is 694. The molecule has 0 bridgehead atoms. The molecule has 0 aliphatic heterocycles. The van der Waals surface area contributed by atoms with Crippen LogP contribution in [0.5, 0.6) is 17.2 Å². The molecule has 0 heterocycles. The summed E-state index contributed by atoms with van der Waals surface area (Å²) in [6.45, 7) is 3.06. The van der Waals surface area contributed by atoms with E-state index in [1.165, 1.54) is 18.2 Å². The summed E-state index contributed by atoms with van der Waals surface area (Å²) in [5.41, 5.74) is 0. The van der Waals surface area contributed by atoms with Crippen LogP contribution in [0.4, 0.5) is 4.39 Å². The van der Waals surface area contributed by atoms with Gasteiger partial charge in [-0.25, -0.2) is 4.39 Å². The Balaban J connectivity index is 1.65. The minimum absolute atomic E-state index is 0.159. The van der Waals surface area contributed by atoms with E-state index in [-0.39, 0.29) is 18.3 Å². The van der Waals surface area contributed by atoms with Crippen molar-refractivity contribution in [1.82, 2.24) is 5.32 Å². The number of hydrogen-bond donors (Lipinski definition) is 1. The van der Waals surface area contributed by atoms with Crippen LogP contribution >= 0.6 is 15.9 Å². The fraction of sp³-hybridized carbons (Fsp3) is 0.278. The van der Waals surface area contributed by atoms with Crippen molar-refractivity contribution in [3.63, 3.8) is 0 Å². The molecule has 0 radical (unpaired) electrons. The smallest absolute Gasteiger partial charge is 0.258 e. The third-order valence-corrected chi connectivity index (χ3v) is 3.70. The average molecular weight is 412 g/mol. The second kappa shape index (κ2) is 9.88. The van der Waals surface area contributed by atoms with Crippen molar-refractivity contribution < 1.29 is 23.4 Å². The lowest BCUT2D eigenvalue weighted by Crippen LogP contribution is -2.32. The molecule has 2 rings (SSSR count). The van der Waals surface area contributed by atoms with Crippen LogP contribution in [-0.2, 0) is 4.79 Å². The second-order valence-electron chi connectivity index (χ2n) is 4.97. The quantitative estimate of drug-likeness (QED) is 0.640. The molecular weight excluding hydrogens is 393 g/mol. The van der Waals surface area contributed by atoms with Crippen molar-refractivity contribution in [3.8, 4) is 17.2 Å². The fourth-order valence-corrected chi connectivity index (χ4v) is 2.41. The van der Waals surface area contributed by atoms with Gasteiger partial charge in [0.2, 0.25) is 0 Å². The molecule has 134 valence electrons. The van der Waals surface area contributed by atoms with E-state index in [4.69, 9.17) is 14.2 Å². The van der Waals surface area contributed by atoms with Gasteiger partial charge in [0.05, 0.1) is 17.6 Å². The number of carbonyl (C=O) groups excluding carboxylic acids is 1. The molecule has 0 saturated heterocycles. The summed E-state index contributed by atoms with van der Waals surface area (Å²) in [7, 11) is 0. The van der Waals surface area contributed by atoms with E-state index in [0.717, 1.165) is 5.75 Å². The van der Waals surface area contributed by atoms with Crippen LogP contribution < -0.4 is 19.5 Å². The van der Waals surface area contributed by atoms with Crippen molar-refractivity contribution >= 4 is 21.8 Å². The van der Waals surface area contributed by atoms with Gasteiger partial charge in [-0.1, -0.05) is 0 Å². The number of halogens is 2. The summed E-state index contributed by atoms with van der Waals surface area (Å²) in [5, 5.41) is 2.68. The van der Waals surface area contributed by atoms with E-state index >= 15 is 0 Å². The summed E-state index contributed by atoms with van der Waals surface area (Å²) in [5.74, 6) is 1.22. The van der Waals surface area contributed by atoms with E-state index in [9.17, 15) is 9.18 Å². The van der Waals surface area contributed by atoms with Crippen LogP contribution in [0.2, 0.25) is 0 Å². The van der Waals surface area contributed by atoms with Crippen LogP contribution in [0, 0.1) is 5.82 Å². The van der Waals surface area contributed by atoms with Gasteiger partial charge in [-0.2, -0.15) is 0 Å². The maximum atomic E-state index is 13.0. The molecular formula is C18H19BrFNO4. The van der Waals surface area contributed by atoms with Gasteiger partial charge in [-0.3, -0.25) is 4.79 Å². The first kappa shape index (κ1) is 19.1. The molecule has 1 N–H and O–H groups in total. The van der Waals surface area contributed by atoms with Gasteiger partial charge in [-0.15, -0.1) is 0 Å². The number of hydrogen-bond acceptors (Lipinski definition) is 4. The van der Waals surface area contributed by atoms with Gasteiger partial charge in [0.15, 0.2) is 6.61 Å². The highest BCUT2D eigenvalue weighted by Crippen LogP contribution is 2.25. The van der Waals surface area contributed by atoms with Crippen LogP contribution in [0.3, 0.4) is 0 Å². The van der Waals surface area contributed by atoms with Gasteiger partial charge in [0, 0.05) is 0 Å². The second-order valence-corrected chi connectivity index (χ2v) is 5.82. The van der Waals surface area contributed by atoms with Crippen molar-refractivity contribution in [2.45, 2.75) is 6.92 Å². The number of nitrogens with one attached hydrogen (secondary N) is 1. The van der Waals surface area contributed by atoms with Gasteiger partial charge in [0.1, 0.15) is 29.7 Å². The molecule has 0 saturated carbocycles. The average Bonchev–Trinajstić information content (AvgIpc) is 2.59. The maximum absolute atomic E-state index is 13.0. The fourth-order valence-electron chi connectivity index (χ4n) is 1.94. The molecule has 1 amide bonds. The monoisotopic (exact) mass is 411 g/mol. The zero-order valence-corrected chi connectivity index (χ0v) is 15.3. The highest BCUT2D eigenvalue weighted by molar-refractivity contribution is 9.10. The molecule has 2 aromatic rings. The van der Waals surface area contributed by atoms with E-state index < -0.39 is 0 Å². The SMILES string of the molecule is CCOc1ccc(OCCNC(=O)COc2ccc(F)cc2Br)cc1. The van der Waals surface area contributed by atoms with E-state index in [0.29, 0.717) is 35.7 Å². The lowest BCUT2D eigenvalue weighted by molar-refractivity contribution is -0.123.